The van der Waals surface area contributed by atoms with E-state index in [4.69, 9.17) is 23.4 Å². The van der Waals surface area contributed by atoms with Crippen LogP contribution in [0, 0.1) is 22.7 Å². The molecule has 0 N–H and O–H groups in total. The minimum Gasteiger partial charge on any atom is -0.472 e. The van der Waals surface area contributed by atoms with Crippen molar-refractivity contribution in [3.05, 3.63) is 59.6 Å². The molecule has 2 aliphatic heterocycles. The Morgan fingerprint density at radius 3 is 2.52 bits per heavy atom. The van der Waals surface area contributed by atoms with Crippen LogP contribution in [0.1, 0.15) is 72.3 Å². The van der Waals surface area contributed by atoms with E-state index in [1.54, 1.807) is 32.4 Å². The van der Waals surface area contributed by atoms with Crippen molar-refractivity contribution in [2.45, 2.75) is 90.6 Å². The summed E-state index contributed by atoms with van der Waals surface area (Å²) in [7, 11) is 1.35. The number of carbonyl (C=O) groups is 3. The number of hydrogen-bond donors (Lipinski definition) is 0. The molecule has 0 unspecified atom stereocenters. The van der Waals surface area contributed by atoms with E-state index >= 15 is 0 Å². The highest BCUT2D eigenvalue weighted by Gasteiger charge is 2.71. The molecular formula is C32H40O8. The molecule has 8 nitrogen and oxygen atoms in total. The first-order chi connectivity index (χ1) is 18.8. The fraction of sp³-hybridized carbons (Fsp3) is 0.594. The zero-order valence-corrected chi connectivity index (χ0v) is 24.4. The SMILES string of the molecule is C=C1C2=CC[C@@H](c3ccoc3)[C@]2(C)[C@@H](OC(=O)C(C)=CC)[C@@H]2O[C@@H](CC(=O)OC)[C@@](C)([C@H]3CC(=O)OC3(C)C)[C@H]12. The Morgan fingerprint density at radius 2 is 1.95 bits per heavy atom. The highest BCUT2D eigenvalue weighted by atomic mass is 16.6. The van der Waals surface area contributed by atoms with Gasteiger partial charge in [0.1, 0.15) is 17.8 Å². The Morgan fingerprint density at radius 1 is 1.23 bits per heavy atom. The second-order valence-electron chi connectivity index (χ2n) is 12.6. The first-order valence-electron chi connectivity index (χ1n) is 14.0. The van der Waals surface area contributed by atoms with Crippen LogP contribution in [0.4, 0.5) is 0 Å². The Labute approximate surface area is 235 Å². The lowest BCUT2D eigenvalue weighted by molar-refractivity contribution is -0.169. The standard InChI is InChI=1S/C32H40O8/c1-9-17(2)29(35)39-28-27-26(18(3)20-10-11-21(31(20,28)6)19-12-13-37-16-19)32(7,23(38-27)15-24(33)36-8)22-14-25(34)40-30(22,4)5/h9-10,12-13,16,21-23,26-28H,3,11,14-15H2,1-2,4-8H3/t21-,22-,23-,26+,27+,28-,31+,32+/m0/s1. The third-order valence-electron chi connectivity index (χ3n) is 10.3. The van der Waals surface area contributed by atoms with Crippen molar-refractivity contribution in [2.75, 3.05) is 7.11 Å². The maximum Gasteiger partial charge on any atom is 0.333 e. The summed E-state index contributed by atoms with van der Waals surface area (Å²) < 4.78 is 29.6. The second-order valence-corrected chi connectivity index (χ2v) is 12.6. The summed E-state index contributed by atoms with van der Waals surface area (Å²) in [5.41, 5.74) is 1.20. The largest absolute Gasteiger partial charge is 0.472 e. The number of rotatable bonds is 6. The zero-order chi connectivity index (χ0) is 29.2. The van der Waals surface area contributed by atoms with Crippen molar-refractivity contribution >= 4 is 17.9 Å². The minimum absolute atomic E-state index is 0.0104. The Bertz CT molecular complexity index is 1290. The molecule has 216 valence electrons. The third kappa shape index (κ3) is 4.01. The van der Waals surface area contributed by atoms with Gasteiger partial charge in [-0.1, -0.05) is 32.6 Å². The van der Waals surface area contributed by atoms with Crippen LogP contribution in [0.2, 0.25) is 0 Å². The summed E-state index contributed by atoms with van der Waals surface area (Å²) >= 11 is 0. The number of carbonyl (C=O) groups excluding carboxylic acids is 3. The molecule has 3 heterocycles. The summed E-state index contributed by atoms with van der Waals surface area (Å²) in [6.45, 7) is 16.1. The summed E-state index contributed by atoms with van der Waals surface area (Å²) in [4.78, 5) is 38.7. The smallest absolute Gasteiger partial charge is 0.333 e. The molecule has 40 heavy (non-hydrogen) atoms. The van der Waals surface area contributed by atoms with E-state index in [0.29, 0.717) is 5.57 Å². The molecule has 8 heteroatoms. The monoisotopic (exact) mass is 552 g/mol. The van der Waals surface area contributed by atoms with Crippen LogP contribution >= 0.6 is 0 Å². The average Bonchev–Trinajstić information content (AvgIpc) is 3.66. The molecule has 4 aliphatic rings. The summed E-state index contributed by atoms with van der Waals surface area (Å²) in [5, 5.41) is 0. The van der Waals surface area contributed by atoms with Gasteiger partial charge in [0.25, 0.3) is 0 Å². The second kappa shape index (κ2) is 9.75. The van der Waals surface area contributed by atoms with Crippen molar-refractivity contribution in [3.8, 4) is 0 Å². The van der Waals surface area contributed by atoms with Gasteiger partial charge in [0.2, 0.25) is 0 Å². The third-order valence-corrected chi connectivity index (χ3v) is 10.3. The number of fused-ring (bicyclic) bond motifs is 2. The first kappa shape index (κ1) is 28.4. The van der Waals surface area contributed by atoms with E-state index in [9.17, 15) is 14.4 Å². The summed E-state index contributed by atoms with van der Waals surface area (Å²) in [5.74, 6) is -1.77. The van der Waals surface area contributed by atoms with E-state index in [1.165, 1.54) is 7.11 Å². The average molecular weight is 553 g/mol. The predicted octanol–water partition coefficient (Wildman–Crippen LogP) is 5.44. The number of allylic oxidation sites excluding steroid dienone is 2. The quantitative estimate of drug-likeness (QED) is 0.261. The number of esters is 3. The predicted molar refractivity (Wildman–Crippen MR) is 146 cm³/mol. The molecule has 2 saturated heterocycles. The lowest BCUT2D eigenvalue weighted by Crippen LogP contribution is -2.57. The van der Waals surface area contributed by atoms with Gasteiger partial charge in [0.15, 0.2) is 0 Å². The minimum atomic E-state index is -0.795. The van der Waals surface area contributed by atoms with Gasteiger partial charge >= 0.3 is 17.9 Å². The molecule has 1 aromatic rings. The zero-order valence-electron chi connectivity index (χ0n) is 24.4. The number of hydrogen-bond acceptors (Lipinski definition) is 8. The normalized spacial score (nSPS) is 38.4. The van der Waals surface area contributed by atoms with Crippen LogP contribution in [-0.4, -0.2) is 48.9 Å². The first-order valence-corrected chi connectivity index (χ1v) is 14.0. The molecule has 1 saturated carbocycles. The van der Waals surface area contributed by atoms with Crippen molar-refractivity contribution < 1.29 is 37.7 Å². The molecule has 0 spiro atoms. The summed E-state index contributed by atoms with van der Waals surface area (Å²) in [6, 6.07) is 1.95. The van der Waals surface area contributed by atoms with E-state index < -0.39 is 46.7 Å². The number of cyclic esters (lactones) is 1. The number of methoxy groups -OCH3 is 1. The molecule has 5 rings (SSSR count). The molecule has 0 radical (unpaired) electrons. The summed E-state index contributed by atoms with van der Waals surface area (Å²) in [6.07, 6.45) is 6.29. The van der Waals surface area contributed by atoms with Gasteiger partial charge in [-0.2, -0.15) is 0 Å². The van der Waals surface area contributed by atoms with Gasteiger partial charge in [-0.3, -0.25) is 9.59 Å². The van der Waals surface area contributed by atoms with Crippen LogP contribution in [0.15, 0.2) is 58.5 Å². The highest BCUT2D eigenvalue weighted by Crippen LogP contribution is 2.68. The molecule has 3 fully saturated rings. The number of ether oxygens (including phenoxy) is 4. The van der Waals surface area contributed by atoms with Crippen molar-refractivity contribution in [2.24, 2.45) is 22.7 Å². The molecular weight excluding hydrogens is 512 g/mol. The van der Waals surface area contributed by atoms with Gasteiger partial charge in [-0.25, -0.2) is 4.79 Å². The van der Waals surface area contributed by atoms with Gasteiger partial charge in [-0.15, -0.1) is 0 Å². The van der Waals surface area contributed by atoms with E-state index in [2.05, 4.69) is 26.5 Å². The Balaban J connectivity index is 1.68. The molecule has 0 amide bonds. The van der Waals surface area contributed by atoms with Crippen LogP contribution in [0.3, 0.4) is 0 Å². The van der Waals surface area contributed by atoms with Crippen LogP contribution in [0.5, 0.6) is 0 Å². The topological polar surface area (TPSA) is 101 Å². The van der Waals surface area contributed by atoms with E-state index in [-0.39, 0.29) is 36.6 Å². The van der Waals surface area contributed by atoms with E-state index in [0.717, 1.165) is 23.1 Å². The van der Waals surface area contributed by atoms with Gasteiger partial charge in [-0.05, 0) is 56.9 Å². The lowest BCUT2D eigenvalue weighted by atomic mass is 9.51. The van der Waals surface area contributed by atoms with Gasteiger partial charge in [0.05, 0.1) is 38.6 Å². The van der Waals surface area contributed by atoms with Crippen molar-refractivity contribution in [1.29, 1.82) is 0 Å². The molecule has 0 aromatic carbocycles. The fourth-order valence-electron chi connectivity index (χ4n) is 8.22. The van der Waals surface area contributed by atoms with Crippen LogP contribution in [-0.2, 0) is 33.3 Å². The maximum absolute atomic E-state index is 13.4. The molecule has 0 bridgehead atoms. The molecule has 2 aliphatic carbocycles. The van der Waals surface area contributed by atoms with E-state index in [1.807, 2.05) is 19.9 Å². The van der Waals surface area contributed by atoms with Gasteiger partial charge in [0, 0.05) is 34.2 Å². The lowest BCUT2D eigenvalue weighted by Gasteiger charge is -2.53. The molecule has 8 atom stereocenters. The highest BCUT2D eigenvalue weighted by molar-refractivity contribution is 5.88. The van der Waals surface area contributed by atoms with Crippen molar-refractivity contribution in [1.82, 2.24) is 0 Å². The Kier molecular flexibility index (Phi) is 6.93. The Hall–Kier alpha value is -3.13. The maximum atomic E-state index is 13.4. The van der Waals surface area contributed by atoms with Gasteiger partial charge < -0.3 is 23.4 Å². The fourth-order valence-corrected chi connectivity index (χ4v) is 8.22. The van der Waals surface area contributed by atoms with Crippen LogP contribution < -0.4 is 0 Å². The molecule has 1 aromatic heterocycles. The van der Waals surface area contributed by atoms with Crippen molar-refractivity contribution in [3.63, 3.8) is 0 Å². The number of furan rings is 1. The van der Waals surface area contributed by atoms with Crippen LogP contribution in [0.25, 0.3) is 0 Å².